The highest BCUT2D eigenvalue weighted by Crippen LogP contribution is 2.41. The molecule has 1 fully saturated rings. The first-order chi connectivity index (χ1) is 10.3. The van der Waals surface area contributed by atoms with Gasteiger partial charge in [-0.2, -0.15) is 5.10 Å². The summed E-state index contributed by atoms with van der Waals surface area (Å²) in [5.74, 6) is 0.334. The van der Waals surface area contributed by atoms with Gasteiger partial charge in [-0.1, -0.05) is 6.92 Å². The third-order valence-corrected chi connectivity index (χ3v) is 3.81. The van der Waals surface area contributed by atoms with E-state index < -0.39 is 5.60 Å². The summed E-state index contributed by atoms with van der Waals surface area (Å²) in [7, 11) is 3.80. The van der Waals surface area contributed by atoms with Gasteiger partial charge < -0.3 is 15.3 Å². The third kappa shape index (κ3) is 4.30. The van der Waals surface area contributed by atoms with Crippen molar-refractivity contribution in [2.75, 3.05) is 27.2 Å². The Morgan fingerprint density at radius 1 is 1.55 bits per heavy atom. The van der Waals surface area contributed by atoms with Crippen LogP contribution in [0.2, 0.25) is 0 Å². The second kappa shape index (κ2) is 6.79. The maximum Gasteiger partial charge on any atom is 0.254 e. The molecule has 0 spiro atoms. The van der Waals surface area contributed by atoms with Crippen molar-refractivity contribution < 1.29 is 9.90 Å². The average Bonchev–Trinajstić information content (AvgIpc) is 3.16. The number of amides is 1. The average molecular weight is 308 g/mol. The van der Waals surface area contributed by atoms with E-state index in [1.165, 1.54) is 0 Å². The number of hydrogen-bond acceptors (Lipinski definition) is 4. The van der Waals surface area contributed by atoms with Crippen molar-refractivity contribution in [3.63, 3.8) is 0 Å². The molecule has 0 radical (unpaired) electrons. The van der Waals surface area contributed by atoms with Crippen LogP contribution in [0.25, 0.3) is 0 Å². The van der Waals surface area contributed by atoms with Crippen LogP contribution >= 0.6 is 0 Å². The van der Waals surface area contributed by atoms with Crippen molar-refractivity contribution in [1.29, 1.82) is 0 Å². The first-order valence-corrected chi connectivity index (χ1v) is 8.05. The molecule has 2 N–H and O–H groups in total. The van der Waals surface area contributed by atoms with E-state index in [0.29, 0.717) is 18.0 Å². The van der Waals surface area contributed by atoms with Crippen LogP contribution in [0.15, 0.2) is 6.20 Å². The van der Waals surface area contributed by atoms with E-state index in [1.54, 1.807) is 13.1 Å². The van der Waals surface area contributed by atoms with Crippen LogP contribution < -0.4 is 5.32 Å². The molecule has 1 aliphatic carbocycles. The minimum Gasteiger partial charge on any atom is -0.387 e. The lowest BCUT2D eigenvalue weighted by molar-refractivity contribution is 0.0325. The Hall–Kier alpha value is -1.40. The smallest absolute Gasteiger partial charge is 0.254 e. The van der Waals surface area contributed by atoms with Crippen molar-refractivity contribution >= 4 is 5.91 Å². The number of nitrogens with one attached hydrogen (secondary N) is 1. The van der Waals surface area contributed by atoms with Crippen molar-refractivity contribution in [1.82, 2.24) is 20.0 Å². The highest BCUT2D eigenvalue weighted by molar-refractivity contribution is 5.95. The minimum atomic E-state index is -0.946. The first-order valence-electron chi connectivity index (χ1n) is 8.05. The molecule has 6 nitrogen and oxygen atoms in total. The van der Waals surface area contributed by atoms with Crippen LogP contribution in [0, 0.1) is 0 Å². The number of aryl methyl sites for hydroxylation is 1. The Bertz CT molecular complexity index is 518. The van der Waals surface area contributed by atoms with Gasteiger partial charge in [0.1, 0.15) is 0 Å². The van der Waals surface area contributed by atoms with Gasteiger partial charge in [-0.25, -0.2) is 0 Å². The number of nitrogens with zero attached hydrogens (tertiary/aromatic N) is 3. The van der Waals surface area contributed by atoms with Gasteiger partial charge in [-0.05, 0) is 40.3 Å². The molecule has 1 saturated carbocycles. The number of aromatic nitrogens is 2. The quantitative estimate of drug-likeness (QED) is 0.757. The molecular formula is C16H28N4O2. The lowest BCUT2D eigenvalue weighted by Gasteiger charge is -2.27. The summed E-state index contributed by atoms with van der Waals surface area (Å²) in [6.07, 6.45) is 4.93. The molecule has 0 aliphatic heterocycles. The molecule has 1 aliphatic rings. The van der Waals surface area contributed by atoms with Gasteiger partial charge in [-0.3, -0.25) is 9.48 Å². The van der Waals surface area contributed by atoms with Crippen LogP contribution in [0.4, 0.5) is 0 Å². The van der Waals surface area contributed by atoms with Gasteiger partial charge in [-0.15, -0.1) is 0 Å². The molecule has 2 rings (SSSR count). The van der Waals surface area contributed by atoms with E-state index >= 15 is 0 Å². The minimum absolute atomic E-state index is 0.136. The van der Waals surface area contributed by atoms with Gasteiger partial charge in [0.05, 0.1) is 23.1 Å². The van der Waals surface area contributed by atoms with Crippen LogP contribution in [0.5, 0.6) is 0 Å². The van der Waals surface area contributed by atoms with Crippen molar-refractivity contribution in [3.05, 3.63) is 17.5 Å². The summed E-state index contributed by atoms with van der Waals surface area (Å²) in [5, 5.41) is 17.5. The zero-order valence-corrected chi connectivity index (χ0v) is 14.1. The number of carbonyl (C=O) groups is 1. The predicted octanol–water partition coefficient (Wildman–Crippen LogP) is 1.21. The van der Waals surface area contributed by atoms with Crippen LogP contribution in [0.3, 0.4) is 0 Å². The molecule has 0 saturated heterocycles. The van der Waals surface area contributed by atoms with Gasteiger partial charge in [0.15, 0.2) is 0 Å². The Balaban J connectivity index is 2.04. The summed E-state index contributed by atoms with van der Waals surface area (Å²) >= 11 is 0. The molecule has 124 valence electrons. The fourth-order valence-electron chi connectivity index (χ4n) is 2.85. The summed E-state index contributed by atoms with van der Waals surface area (Å²) in [6, 6.07) is 0. The highest BCUT2D eigenvalue weighted by Gasteiger charge is 2.32. The van der Waals surface area contributed by atoms with E-state index in [2.05, 4.69) is 17.3 Å². The van der Waals surface area contributed by atoms with Crippen LogP contribution in [-0.4, -0.2) is 58.5 Å². The number of rotatable bonds is 8. The fourth-order valence-corrected chi connectivity index (χ4v) is 2.85. The number of hydrogen-bond donors (Lipinski definition) is 2. The highest BCUT2D eigenvalue weighted by atomic mass is 16.3. The van der Waals surface area contributed by atoms with E-state index in [-0.39, 0.29) is 12.5 Å². The van der Waals surface area contributed by atoms with Gasteiger partial charge >= 0.3 is 0 Å². The van der Waals surface area contributed by atoms with E-state index in [0.717, 1.165) is 31.5 Å². The van der Waals surface area contributed by atoms with Crippen molar-refractivity contribution in [3.8, 4) is 0 Å². The lowest BCUT2D eigenvalue weighted by atomic mass is 10.1. The molecule has 0 aromatic carbocycles. The Morgan fingerprint density at radius 2 is 2.23 bits per heavy atom. The molecule has 1 aromatic rings. The SMILES string of the molecule is CCCn1ncc(C(=O)NCC(C)(O)CN(C)C)c1C1CC1. The normalized spacial score (nSPS) is 17.5. The maximum absolute atomic E-state index is 12.5. The molecule has 0 bridgehead atoms. The molecular weight excluding hydrogens is 280 g/mol. The van der Waals surface area contributed by atoms with Gasteiger partial charge in [0.2, 0.25) is 0 Å². The molecule has 6 heteroatoms. The van der Waals surface area contributed by atoms with Crippen molar-refractivity contribution in [2.45, 2.75) is 51.2 Å². The molecule has 1 unspecified atom stereocenters. The second-order valence-corrected chi connectivity index (χ2v) is 6.86. The molecule has 1 amide bonds. The Labute approximate surface area is 132 Å². The van der Waals surface area contributed by atoms with Gasteiger partial charge in [0.25, 0.3) is 5.91 Å². The largest absolute Gasteiger partial charge is 0.387 e. The molecule has 1 heterocycles. The molecule has 1 atom stereocenters. The summed E-state index contributed by atoms with van der Waals surface area (Å²) < 4.78 is 1.96. The fraction of sp³-hybridized carbons (Fsp3) is 0.750. The molecule has 22 heavy (non-hydrogen) atoms. The van der Waals surface area contributed by atoms with E-state index in [4.69, 9.17) is 0 Å². The standard InChI is InChI=1S/C16H28N4O2/c1-5-8-20-14(12-6-7-12)13(9-18-20)15(21)17-10-16(2,22)11-19(3)4/h9,12,22H,5-8,10-11H2,1-4H3,(H,17,21). The summed E-state index contributed by atoms with van der Waals surface area (Å²) in [6.45, 7) is 5.41. The van der Waals surface area contributed by atoms with Gasteiger partial charge in [0, 0.05) is 25.6 Å². The third-order valence-electron chi connectivity index (χ3n) is 3.81. The second-order valence-electron chi connectivity index (χ2n) is 6.86. The summed E-state index contributed by atoms with van der Waals surface area (Å²) in [5.41, 5.74) is 0.779. The first kappa shape index (κ1) is 17.0. The van der Waals surface area contributed by atoms with Crippen molar-refractivity contribution in [2.24, 2.45) is 0 Å². The summed E-state index contributed by atoms with van der Waals surface area (Å²) in [4.78, 5) is 14.4. The van der Waals surface area contributed by atoms with E-state index in [9.17, 15) is 9.90 Å². The zero-order chi connectivity index (χ0) is 16.3. The number of likely N-dealkylation sites (N-methyl/N-ethyl adjacent to an activating group) is 1. The van der Waals surface area contributed by atoms with Crippen LogP contribution in [-0.2, 0) is 6.54 Å². The maximum atomic E-state index is 12.5. The number of aliphatic hydroxyl groups is 1. The number of carbonyl (C=O) groups excluding carboxylic acids is 1. The monoisotopic (exact) mass is 308 g/mol. The predicted molar refractivity (Wildman–Crippen MR) is 86.0 cm³/mol. The lowest BCUT2D eigenvalue weighted by Crippen LogP contribution is -2.47. The Kier molecular flexibility index (Phi) is 5.24. The van der Waals surface area contributed by atoms with E-state index in [1.807, 2.05) is 23.7 Å². The topological polar surface area (TPSA) is 70.4 Å². The molecule has 1 aromatic heterocycles. The zero-order valence-electron chi connectivity index (χ0n) is 14.1. The Morgan fingerprint density at radius 3 is 2.77 bits per heavy atom. The van der Waals surface area contributed by atoms with Crippen LogP contribution in [0.1, 0.15) is 55.1 Å².